The Hall–Kier alpha value is -4.93. The van der Waals surface area contributed by atoms with Crippen molar-refractivity contribution in [2.75, 3.05) is 13.2 Å². The molecule has 1 heterocycles. The zero-order valence-electron chi connectivity index (χ0n) is 27.1. The first kappa shape index (κ1) is 34.4. The second kappa shape index (κ2) is 14.9. The fourth-order valence-electron chi connectivity index (χ4n) is 5.22. The number of ether oxygens (including phenoxy) is 3. The molecule has 5 rings (SSSR count). The number of nitrogens with zero attached hydrogens (tertiary/aromatic N) is 4. The van der Waals surface area contributed by atoms with E-state index in [1.54, 1.807) is 49.4 Å². The highest BCUT2D eigenvalue weighted by molar-refractivity contribution is 6.35. The van der Waals surface area contributed by atoms with Gasteiger partial charge in [0.05, 0.1) is 35.3 Å². The molecule has 0 bridgehead atoms. The van der Waals surface area contributed by atoms with Crippen LogP contribution < -0.4 is 19.8 Å². The van der Waals surface area contributed by atoms with Crippen LogP contribution in [0.2, 0.25) is 10.0 Å². The Labute approximate surface area is 287 Å². The highest BCUT2D eigenvalue weighted by Gasteiger charge is 2.24. The number of hydrogen-bond acceptors (Lipinski definition) is 8. The van der Waals surface area contributed by atoms with Crippen molar-refractivity contribution in [1.29, 1.82) is 0 Å². The minimum absolute atomic E-state index is 0.0638. The van der Waals surface area contributed by atoms with Gasteiger partial charge < -0.3 is 14.2 Å². The molecule has 248 valence electrons. The normalized spacial score (nSPS) is 11.4. The second-order valence-corrected chi connectivity index (χ2v) is 12.0. The van der Waals surface area contributed by atoms with Crippen molar-refractivity contribution in [2.45, 2.75) is 47.1 Å². The van der Waals surface area contributed by atoms with Gasteiger partial charge in [-0.05, 0) is 80.3 Å². The van der Waals surface area contributed by atoms with E-state index >= 15 is 0 Å². The lowest BCUT2D eigenvalue weighted by atomic mass is 9.96. The average Bonchev–Trinajstić information content (AvgIpc) is 3.04. The number of para-hydroxylation sites is 1. The van der Waals surface area contributed by atoms with Crippen LogP contribution in [0.3, 0.4) is 0 Å². The van der Waals surface area contributed by atoms with Crippen molar-refractivity contribution >= 4 is 46.0 Å². The molecule has 0 aliphatic rings. The molecule has 0 atom stereocenters. The van der Waals surface area contributed by atoms with Gasteiger partial charge in [-0.15, -0.1) is 0 Å². The Morgan fingerprint density at radius 2 is 1.71 bits per heavy atom. The molecule has 0 saturated carbocycles. The maximum Gasteiger partial charge on any atom is 0.315 e. The van der Waals surface area contributed by atoms with Gasteiger partial charge in [-0.25, -0.2) is 4.98 Å². The maximum atomic E-state index is 13.9. The fraction of sp³-hybridized carbons (Fsp3) is 0.250. The summed E-state index contributed by atoms with van der Waals surface area (Å²) in [5.41, 5.74) is 3.16. The highest BCUT2D eigenvalue weighted by atomic mass is 35.5. The zero-order valence-corrected chi connectivity index (χ0v) is 28.6. The van der Waals surface area contributed by atoms with E-state index in [4.69, 9.17) is 42.4 Å². The van der Waals surface area contributed by atoms with E-state index in [-0.39, 0.29) is 36.3 Å². The lowest BCUT2D eigenvalue weighted by Crippen LogP contribution is -2.21. The van der Waals surface area contributed by atoms with Crippen LogP contribution in [0.4, 0.5) is 5.69 Å². The van der Waals surface area contributed by atoms with E-state index in [1.165, 1.54) is 17.0 Å². The van der Waals surface area contributed by atoms with Crippen molar-refractivity contribution in [2.24, 2.45) is 5.10 Å². The molecule has 0 fully saturated rings. The van der Waals surface area contributed by atoms with Gasteiger partial charge in [0.15, 0.2) is 11.6 Å². The summed E-state index contributed by atoms with van der Waals surface area (Å²) in [7, 11) is 0. The first-order valence-corrected chi connectivity index (χ1v) is 16.1. The second-order valence-electron chi connectivity index (χ2n) is 11.2. The van der Waals surface area contributed by atoms with Crippen LogP contribution in [0.1, 0.15) is 55.9 Å². The Morgan fingerprint density at radius 3 is 2.40 bits per heavy atom. The lowest BCUT2D eigenvalue weighted by Gasteiger charge is -2.18. The quantitative estimate of drug-likeness (QED) is 0.0729. The Morgan fingerprint density at radius 1 is 0.979 bits per heavy atom. The maximum absolute atomic E-state index is 13.9. The highest BCUT2D eigenvalue weighted by Crippen LogP contribution is 2.39. The van der Waals surface area contributed by atoms with Gasteiger partial charge in [0.25, 0.3) is 5.56 Å². The summed E-state index contributed by atoms with van der Waals surface area (Å²) in [6, 6.07) is 18.7. The van der Waals surface area contributed by atoms with Crippen LogP contribution in [-0.2, 0) is 6.61 Å². The summed E-state index contributed by atoms with van der Waals surface area (Å²) < 4.78 is 18.8. The molecule has 4 aromatic carbocycles. The molecule has 0 aliphatic carbocycles. The minimum atomic E-state index is -0.565. The van der Waals surface area contributed by atoms with Crippen molar-refractivity contribution in [3.05, 3.63) is 119 Å². The number of fused-ring (bicyclic) bond motifs is 1. The van der Waals surface area contributed by atoms with Gasteiger partial charge in [0.1, 0.15) is 12.4 Å². The minimum Gasteiger partial charge on any atom is -0.494 e. The topological polar surface area (TPSA) is 118 Å². The van der Waals surface area contributed by atoms with Crippen molar-refractivity contribution in [1.82, 2.24) is 9.66 Å². The van der Waals surface area contributed by atoms with Crippen LogP contribution in [0.25, 0.3) is 22.3 Å². The number of hydrogen-bond donors (Lipinski definition) is 0. The third-order valence-electron chi connectivity index (χ3n) is 7.54. The van der Waals surface area contributed by atoms with Crippen LogP contribution >= 0.6 is 23.2 Å². The van der Waals surface area contributed by atoms with Gasteiger partial charge in [0, 0.05) is 32.8 Å². The Balaban J connectivity index is 1.64. The molecule has 10 nitrogen and oxygen atoms in total. The number of nitro benzene ring substituents is 1. The van der Waals surface area contributed by atoms with E-state index in [2.05, 4.69) is 18.9 Å². The molecule has 0 amide bonds. The molecule has 12 heteroatoms. The third kappa shape index (κ3) is 7.30. The molecule has 0 N–H and O–H groups in total. The summed E-state index contributed by atoms with van der Waals surface area (Å²) in [6.45, 7) is 10.4. The predicted octanol–water partition coefficient (Wildman–Crippen LogP) is 8.97. The smallest absolute Gasteiger partial charge is 0.315 e. The van der Waals surface area contributed by atoms with E-state index in [9.17, 15) is 14.9 Å². The SMILES string of the molecule is CCOc1cc(C)c(-c2nc3ccccc3c(=O)n2N=Cc2cc(OCC)c(OCc3ccc(Cl)cc3Cl)c([N+](=O)[O-])c2)cc1C(C)C. The summed E-state index contributed by atoms with van der Waals surface area (Å²) in [5.74, 6) is 1.27. The Kier molecular flexibility index (Phi) is 10.7. The first-order chi connectivity index (χ1) is 23.0. The van der Waals surface area contributed by atoms with Crippen molar-refractivity contribution < 1.29 is 19.1 Å². The van der Waals surface area contributed by atoms with Gasteiger partial charge in [-0.3, -0.25) is 14.9 Å². The van der Waals surface area contributed by atoms with Gasteiger partial charge in [-0.2, -0.15) is 9.78 Å². The molecule has 0 radical (unpaired) electrons. The average molecular weight is 690 g/mol. The number of aryl methyl sites for hydroxylation is 1. The summed E-state index contributed by atoms with van der Waals surface area (Å²) in [5, 5.41) is 18.0. The lowest BCUT2D eigenvalue weighted by molar-refractivity contribution is -0.386. The predicted molar refractivity (Wildman–Crippen MR) is 189 cm³/mol. The van der Waals surface area contributed by atoms with Crippen LogP contribution in [0.15, 0.2) is 76.6 Å². The standard InChI is InChI=1S/C36H34Cl2N4O6/c1-6-46-32-14-22(5)28(18-27(32)21(3)4)35-40-30-11-9-8-10-26(30)36(43)41(35)39-19-23-15-31(42(44)45)34(33(16-23)47-7-2)48-20-24-12-13-25(37)17-29(24)38/h8-19,21H,6-7,20H2,1-5H3. The van der Waals surface area contributed by atoms with Gasteiger partial charge in [-0.1, -0.05) is 55.2 Å². The molecule has 5 aromatic rings. The van der Waals surface area contributed by atoms with Crippen LogP contribution in [0, 0.1) is 17.0 Å². The number of nitro groups is 1. The number of halogens is 2. The molecule has 0 unspecified atom stereocenters. The largest absolute Gasteiger partial charge is 0.494 e. The molecular weight excluding hydrogens is 655 g/mol. The first-order valence-electron chi connectivity index (χ1n) is 15.4. The van der Waals surface area contributed by atoms with E-state index in [0.717, 1.165) is 16.9 Å². The van der Waals surface area contributed by atoms with E-state index in [1.807, 2.05) is 32.0 Å². The molecular formula is C36H34Cl2N4O6. The summed E-state index contributed by atoms with van der Waals surface area (Å²) in [6.07, 6.45) is 1.37. The molecule has 0 aliphatic heterocycles. The van der Waals surface area contributed by atoms with Gasteiger partial charge >= 0.3 is 5.69 Å². The Bertz CT molecular complexity index is 2090. The van der Waals surface area contributed by atoms with Crippen LogP contribution in [-0.4, -0.2) is 34.0 Å². The van der Waals surface area contributed by atoms with E-state index in [0.29, 0.717) is 50.1 Å². The number of rotatable bonds is 12. The summed E-state index contributed by atoms with van der Waals surface area (Å²) >= 11 is 12.3. The van der Waals surface area contributed by atoms with Crippen molar-refractivity contribution in [3.63, 3.8) is 0 Å². The monoisotopic (exact) mass is 688 g/mol. The molecule has 0 spiro atoms. The summed E-state index contributed by atoms with van der Waals surface area (Å²) in [4.78, 5) is 30.5. The van der Waals surface area contributed by atoms with E-state index < -0.39 is 10.5 Å². The number of aromatic nitrogens is 2. The molecule has 0 saturated heterocycles. The fourth-order valence-corrected chi connectivity index (χ4v) is 5.68. The molecule has 48 heavy (non-hydrogen) atoms. The van der Waals surface area contributed by atoms with Gasteiger partial charge in [0.2, 0.25) is 5.75 Å². The van der Waals surface area contributed by atoms with Crippen LogP contribution in [0.5, 0.6) is 17.2 Å². The molecule has 1 aromatic heterocycles. The van der Waals surface area contributed by atoms with Crippen molar-refractivity contribution in [3.8, 4) is 28.6 Å². The number of benzene rings is 4. The third-order valence-corrected chi connectivity index (χ3v) is 8.12. The zero-order chi connectivity index (χ0) is 34.5.